The van der Waals surface area contributed by atoms with Crippen molar-refractivity contribution in [3.8, 4) is 0 Å². The van der Waals surface area contributed by atoms with E-state index >= 15 is 4.79 Å². The number of allylic oxidation sites excluding steroid dienone is 2. The molecule has 610 valence electrons. The number of carbonyl (C=O) groups excluding carboxylic acids is 12. The molecule has 8 aliphatic rings. The monoisotopic (exact) mass is 1600 g/mol. The number of likely N-dealkylation sites (N-methyl/N-ethyl adjacent to an activating group) is 2. The fourth-order valence-electron chi connectivity index (χ4n) is 15.3. The highest BCUT2D eigenvalue weighted by Gasteiger charge is 2.53. The van der Waals surface area contributed by atoms with Crippen LogP contribution in [0.4, 0.5) is 23.6 Å². The van der Waals surface area contributed by atoms with Crippen molar-refractivity contribution in [2.24, 2.45) is 11.3 Å². The van der Waals surface area contributed by atoms with Crippen LogP contribution in [0.2, 0.25) is 0 Å². The number of amides is 12. The Kier molecular flexibility index (Phi) is 27.0. The number of hydrogen-bond donors (Lipinski definition) is 6. The molecule has 2 aliphatic carbocycles. The Labute approximate surface area is 651 Å². The van der Waals surface area contributed by atoms with Crippen molar-refractivity contribution in [1.82, 2.24) is 60.1 Å². The molecule has 4 unspecified atom stereocenters. The van der Waals surface area contributed by atoms with Crippen molar-refractivity contribution in [1.29, 1.82) is 0 Å². The first-order valence-corrected chi connectivity index (χ1v) is 41.2. The van der Waals surface area contributed by atoms with E-state index in [1.165, 1.54) is 63.9 Å². The zero-order valence-electron chi connectivity index (χ0n) is 64.3. The second-order valence-corrected chi connectivity index (χ2v) is 35.5. The molecule has 112 heavy (non-hydrogen) atoms. The average Bonchev–Trinajstić information content (AvgIpc) is 1.59. The van der Waals surface area contributed by atoms with Gasteiger partial charge in [0, 0.05) is 70.1 Å². The minimum Gasteiger partial charge on any atom is -0.449 e. The van der Waals surface area contributed by atoms with Gasteiger partial charge in [-0.1, -0.05) is 81.1 Å². The van der Waals surface area contributed by atoms with Crippen LogP contribution in [0.3, 0.4) is 0 Å². The maximum absolute atomic E-state index is 15.1. The smallest absolute Gasteiger partial charge is 0.410 e. The number of nitrogens with one attached hydrogen (secondary N) is 6. The van der Waals surface area contributed by atoms with Crippen LogP contribution in [0.15, 0.2) is 86.0 Å². The lowest BCUT2D eigenvalue weighted by Gasteiger charge is -2.32. The fraction of sp³-hybridized carbons (Fsp3) is 0.584. The normalized spacial score (nSPS) is 26.6. The van der Waals surface area contributed by atoms with E-state index in [2.05, 4.69) is 43.9 Å². The number of nitrogens with zero attached hydrogens (tertiary/aromatic N) is 6. The van der Waals surface area contributed by atoms with Crippen LogP contribution in [-0.2, 0) is 110 Å². The molecule has 0 spiro atoms. The summed E-state index contributed by atoms with van der Waals surface area (Å²) in [6.07, 6.45) is 5.43. The first-order chi connectivity index (χ1) is 52.9. The number of ether oxygens (including phenoxy) is 4. The molecule has 0 radical (unpaired) electrons. The van der Waals surface area contributed by atoms with E-state index in [4.69, 9.17) is 18.9 Å². The number of aryl methyl sites for hydroxylation is 1. The number of fused-ring (bicyclic) bond motifs is 5. The molecule has 4 bridgehead atoms. The van der Waals surface area contributed by atoms with Gasteiger partial charge in [-0.15, -0.1) is 0 Å². The molecule has 2 aromatic carbocycles. The summed E-state index contributed by atoms with van der Waals surface area (Å²) in [7, 11) is -5.60. The standard InChI is InChI=1S/C77H103FN12O20S2/c1-10-64(91)85(8)34-18-12-13-27-58(66(93)83-111(103,104)54-30-31-54)80-68(95)61-36-52-41-89(61)70(97)46(3)79-72(99)107-45-77(7,33-17-16-21-47-22-19-23-48-39-87(43-55(47)48)74(101)108-52)38-50-35-63(50)112(105,106)84-67(94)59-28-15-14-25-51(86(9)65(92)11-2)29-32-60(82-73(100)110-76(4,5)6)71(98)90-42-53(37-62(90)69(96)81-59)109-75(102)88-40-49-24-20-26-57(78)56(49)44-88/h10-11,13,15,19-20,22-24,26-28,46,50-54,58-63H,1-2,12,14,16-18,21,25,29-45H2,3-9H3,(H,79,99)(H,80,95)(H,81,96)(H,82,100)(H,83,93)(H,84,94)/b27-13-,28-15-/t46-,50?,51?,52+,53+,58+,59+,60-,61-,62-,63?,77?/m0/s1. The topological polar surface area (TPSA) is 402 Å². The number of carbonyl (C=O) groups is 12. The number of halogens is 1. The van der Waals surface area contributed by atoms with Crippen LogP contribution in [0, 0.1) is 17.2 Å². The highest BCUT2D eigenvalue weighted by Crippen LogP contribution is 2.47. The van der Waals surface area contributed by atoms with E-state index in [1.54, 1.807) is 40.0 Å². The van der Waals surface area contributed by atoms with Crippen LogP contribution >= 0.6 is 0 Å². The Hall–Kier alpha value is -9.93. The molecule has 12 amide bonds. The van der Waals surface area contributed by atoms with Gasteiger partial charge in [-0.2, -0.15) is 0 Å². The second-order valence-electron chi connectivity index (χ2n) is 31.7. The number of benzene rings is 2. The summed E-state index contributed by atoms with van der Waals surface area (Å²) in [5.41, 5.74) is 1.62. The lowest BCUT2D eigenvalue weighted by atomic mass is 9.80. The summed E-state index contributed by atoms with van der Waals surface area (Å²) in [4.78, 5) is 176. The van der Waals surface area contributed by atoms with E-state index in [0.29, 0.717) is 62.6 Å². The van der Waals surface area contributed by atoms with Gasteiger partial charge >= 0.3 is 24.4 Å². The first-order valence-electron chi connectivity index (χ1n) is 38.1. The zero-order chi connectivity index (χ0) is 81.3. The number of alkyl carbamates (subject to hydrolysis) is 2. The van der Waals surface area contributed by atoms with Crippen molar-refractivity contribution in [2.45, 2.75) is 234 Å². The Morgan fingerprint density at radius 2 is 1.52 bits per heavy atom. The van der Waals surface area contributed by atoms with Gasteiger partial charge in [-0.05, 0) is 158 Å². The first kappa shape index (κ1) is 84.5. The van der Waals surface area contributed by atoms with E-state index in [0.717, 1.165) is 38.6 Å². The molecule has 6 N–H and O–H groups in total. The summed E-state index contributed by atoms with van der Waals surface area (Å²) in [5, 5.41) is 8.40. The van der Waals surface area contributed by atoms with Crippen molar-refractivity contribution in [3.63, 3.8) is 0 Å². The third-order valence-electron chi connectivity index (χ3n) is 21.7. The molecule has 10 rings (SSSR count). The third-order valence-corrected chi connectivity index (χ3v) is 25.4. The average molecular weight is 1600 g/mol. The van der Waals surface area contributed by atoms with Gasteiger partial charge < -0.3 is 59.8 Å². The maximum atomic E-state index is 15.1. The van der Waals surface area contributed by atoms with Crippen LogP contribution in [-0.4, -0.2) is 229 Å². The van der Waals surface area contributed by atoms with Crippen molar-refractivity contribution < 1.29 is 97.7 Å². The SMILES string of the molecule is C=CC(=O)N(C)CCC/C=C\[C@@H](NC(=O)[C@@H]1C[C@@H]2CN1C(=O)[C@H](C)NC(=O)OCC(C)(CC1CC1S(=O)(=O)NC(=O)[C@H]1/C=C\CCC(N(C)C(=O)C=C)CC[C@H](NC(=O)OC(C)(C)C)C(=O)N3C[C@H](OC(=O)N4Cc5cccc(F)c5C4)C[C@H]3C(=O)N1)CCCCc1cccc3c1CN(C3)C(=O)O2)C(=O)NS(=O)(=O)C1CC1. The largest absolute Gasteiger partial charge is 0.449 e. The van der Waals surface area contributed by atoms with Crippen LogP contribution < -0.4 is 30.7 Å². The summed E-state index contributed by atoms with van der Waals surface area (Å²) in [5.74, 6) is -7.69. The van der Waals surface area contributed by atoms with Crippen molar-refractivity contribution in [2.75, 3.05) is 40.3 Å². The minimum absolute atomic E-state index is 0.00671. The van der Waals surface area contributed by atoms with Gasteiger partial charge in [0.2, 0.25) is 55.5 Å². The number of unbranched alkanes of at least 4 members (excludes halogenated alkanes) is 1. The molecule has 4 fully saturated rings. The van der Waals surface area contributed by atoms with Gasteiger partial charge in [-0.3, -0.25) is 57.6 Å². The van der Waals surface area contributed by atoms with Gasteiger partial charge in [-0.25, -0.2) is 40.4 Å². The van der Waals surface area contributed by atoms with E-state index in [9.17, 15) is 74.0 Å². The summed E-state index contributed by atoms with van der Waals surface area (Å²) < 4.78 is 97.8. The molecule has 6 aliphatic heterocycles. The highest BCUT2D eigenvalue weighted by atomic mass is 32.2. The van der Waals surface area contributed by atoms with Crippen molar-refractivity contribution in [3.05, 3.63) is 120 Å². The van der Waals surface area contributed by atoms with E-state index < -0.39 is 180 Å². The van der Waals surface area contributed by atoms with Gasteiger partial charge in [0.1, 0.15) is 59.9 Å². The number of hydrogen-bond acceptors (Lipinski definition) is 20. The molecule has 2 aromatic rings. The summed E-state index contributed by atoms with van der Waals surface area (Å²) in [6.45, 7) is 14.7. The highest BCUT2D eigenvalue weighted by molar-refractivity contribution is 7.91. The Bertz CT molecular complexity index is 4300. The second kappa shape index (κ2) is 35.8. The maximum Gasteiger partial charge on any atom is 0.410 e. The predicted octanol–water partition coefficient (Wildman–Crippen LogP) is 5.04. The minimum atomic E-state index is -4.59. The zero-order valence-corrected chi connectivity index (χ0v) is 65.9. The third kappa shape index (κ3) is 21.6. The number of sulfonamides is 2. The lowest BCUT2D eigenvalue weighted by Crippen LogP contribution is -2.57. The van der Waals surface area contributed by atoms with Crippen LogP contribution in [0.5, 0.6) is 0 Å². The Balaban J connectivity index is 0.852. The molecule has 2 saturated carbocycles. The Morgan fingerprint density at radius 3 is 2.22 bits per heavy atom. The fourth-order valence-corrected chi connectivity index (χ4v) is 18.3. The Morgan fingerprint density at radius 1 is 0.804 bits per heavy atom. The lowest BCUT2D eigenvalue weighted by molar-refractivity contribution is -0.141. The van der Waals surface area contributed by atoms with E-state index in [1.807, 2.05) is 25.1 Å². The van der Waals surface area contributed by atoms with Crippen LogP contribution in [0.25, 0.3) is 0 Å². The molecular weight excluding hydrogens is 1500 g/mol. The van der Waals surface area contributed by atoms with Gasteiger partial charge in [0.15, 0.2) is 0 Å². The van der Waals surface area contributed by atoms with Gasteiger partial charge in [0.05, 0.1) is 36.7 Å². The quantitative estimate of drug-likeness (QED) is 0.0438. The molecule has 32 nitrogen and oxygen atoms in total. The predicted molar refractivity (Wildman–Crippen MR) is 403 cm³/mol. The molecule has 0 aromatic heterocycles. The number of rotatable bonds is 20. The molecule has 2 saturated heterocycles. The number of cyclic esters (lactones) is 1. The van der Waals surface area contributed by atoms with Crippen LogP contribution in [0.1, 0.15) is 159 Å². The summed E-state index contributed by atoms with van der Waals surface area (Å²) >= 11 is 0. The molecule has 6 heterocycles. The van der Waals surface area contributed by atoms with E-state index in [-0.39, 0.29) is 103 Å². The van der Waals surface area contributed by atoms with Gasteiger partial charge in [0.25, 0.3) is 11.8 Å². The molecular formula is C77H103FN12O20S2. The summed E-state index contributed by atoms with van der Waals surface area (Å²) in [6, 6.07) is 0.490. The van der Waals surface area contributed by atoms with Crippen molar-refractivity contribution >= 4 is 91.7 Å². The molecule has 12 atom stereocenters. The molecule has 35 heteroatoms.